The molecule has 2 aromatic heterocycles. The number of para-hydroxylation sites is 3. The predicted octanol–water partition coefficient (Wildman–Crippen LogP) is 16.1. The molecule has 0 atom stereocenters. The van der Waals surface area contributed by atoms with Gasteiger partial charge in [-0.1, -0.05) is 190 Å². The fraction of sp³-hybridized carbons (Fsp3) is 0.0492. The van der Waals surface area contributed by atoms with E-state index in [4.69, 9.17) is 9.97 Å². The summed E-state index contributed by atoms with van der Waals surface area (Å²) >= 11 is 0. The lowest BCUT2D eigenvalue weighted by Crippen LogP contribution is -2.30. The van der Waals surface area contributed by atoms with Gasteiger partial charge in [0.2, 0.25) is 5.95 Å². The zero-order valence-electron chi connectivity index (χ0n) is 36.1. The minimum absolute atomic E-state index is 0.199. The number of benzene rings is 10. The zero-order valence-corrected chi connectivity index (χ0v) is 36.1. The molecule has 10 aromatic carbocycles. The summed E-state index contributed by atoms with van der Waals surface area (Å²) in [4.78, 5) is 13.3. The maximum atomic E-state index is 5.53. The maximum absolute atomic E-state index is 5.53. The van der Waals surface area contributed by atoms with E-state index in [1.54, 1.807) is 0 Å². The van der Waals surface area contributed by atoms with Gasteiger partial charge in [0.1, 0.15) is 0 Å². The molecule has 306 valence electrons. The molecule has 3 heterocycles. The molecular weight excluding hydrogens is 789 g/mol. The monoisotopic (exact) mass is 830 g/mol. The van der Waals surface area contributed by atoms with Crippen LogP contribution in [0.2, 0.25) is 0 Å². The van der Waals surface area contributed by atoms with E-state index >= 15 is 0 Å². The minimum atomic E-state index is -0.199. The summed E-state index contributed by atoms with van der Waals surface area (Å²) in [5.74, 6) is 0.642. The Kier molecular flexibility index (Phi) is 8.22. The molecule has 1 aliphatic heterocycles. The summed E-state index contributed by atoms with van der Waals surface area (Å²) in [5.41, 5.74) is 15.6. The lowest BCUT2D eigenvalue weighted by Gasteiger charge is -2.42. The van der Waals surface area contributed by atoms with Gasteiger partial charge in [-0.25, -0.2) is 9.97 Å². The summed E-state index contributed by atoms with van der Waals surface area (Å²) in [6.45, 7) is 4.70. The van der Waals surface area contributed by atoms with Crippen molar-refractivity contribution >= 4 is 71.3 Å². The van der Waals surface area contributed by atoms with Gasteiger partial charge in [-0.05, 0) is 97.4 Å². The number of hydrogen-bond acceptors (Lipinski definition) is 3. The number of rotatable bonds is 5. The third kappa shape index (κ3) is 5.70. The second kappa shape index (κ2) is 14.3. The Labute approximate surface area is 377 Å². The van der Waals surface area contributed by atoms with Crippen molar-refractivity contribution < 1.29 is 0 Å². The van der Waals surface area contributed by atoms with Crippen LogP contribution in [0.3, 0.4) is 0 Å². The predicted molar refractivity (Wildman–Crippen MR) is 272 cm³/mol. The Morgan fingerprint density at radius 1 is 0.400 bits per heavy atom. The van der Waals surface area contributed by atoms with Crippen LogP contribution in [0.4, 0.5) is 17.1 Å². The van der Waals surface area contributed by atoms with Crippen molar-refractivity contribution in [2.75, 3.05) is 4.90 Å². The van der Waals surface area contributed by atoms with E-state index in [9.17, 15) is 0 Å². The average Bonchev–Trinajstić information content (AvgIpc) is 3.71. The fourth-order valence-corrected chi connectivity index (χ4v) is 10.7. The molecule has 0 amide bonds. The first kappa shape index (κ1) is 37.2. The highest BCUT2D eigenvalue weighted by atomic mass is 15.2. The summed E-state index contributed by atoms with van der Waals surface area (Å²) in [6, 6.07) is 79.0. The fourth-order valence-electron chi connectivity index (χ4n) is 10.7. The van der Waals surface area contributed by atoms with E-state index in [1.165, 1.54) is 71.5 Å². The number of anilines is 3. The smallest absolute Gasteiger partial charge is 0.235 e. The summed E-state index contributed by atoms with van der Waals surface area (Å²) in [6.07, 6.45) is 0. The molecule has 0 spiro atoms. The van der Waals surface area contributed by atoms with Gasteiger partial charge in [0.25, 0.3) is 0 Å². The van der Waals surface area contributed by atoms with Gasteiger partial charge >= 0.3 is 0 Å². The average molecular weight is 831 g/mol. The molecule has 0 saturated carbocycles. The number of fused-ring (bicyclic) bond motifs is 9. The molecule has 0 N–H and O–H groups in total. The van der Waals surface area contributed by atoms with E-state index in [0.717, 1.165) is 44.4 Å². The summed E-state index contributed by atoms with van der Waals surface area (Å²) in [5, 5.41) is 8.26. The molecule has 12 aromatic rings. The summed E-state index contributed by atoms with van der Waals surface area (Å²) in [7, 11) is 0. The van der Waals surface area contributed by atoms with Crippen LogP contribution in [0.5, 0.6) is 0 Å². The highest BCUT2D eigenvalue weighted by Crippen LogP contribution is 2.53. The number of aromatic nitrogens is 3. The Morgan fingerprint density at radius 2 is 1.02 bits per heavy atom. The van der Waals surface area contributed by atoms with Crippen molar-refractivity contribution in [3.05, 3.63) is 230 Å². The molecule has 0 radical (unpaired) electrons. The van der Waals surface area contributed by atoms with E-state index in [2.05, 4.69) is 242 Å². The van der Waals surface area contributed by atoms with Gasteiger partial charge in [0, 0.05) is 32.8 Å². The summed E-state index contributed by atoms with van der Waals surface area (Å²) < 4.78 is 2.29. The molecular formula is C61H42N4. The van der Waals surface area contributed by atoms with Crippen molar-refractivity contribution in [3.63, 3.8) is 0 Å². The van der Waals surface area contributed by atoms with E-state index < -0.39 is 0 Å². The van der Waals surface area contributed by atoms with Crippen LogP contribution < -0.4 is 4.90 Å². The van der Waals surface area contributed by atoms with Crippen LogP contribution in [-0.4, -0.2) is 14.5 Å². The Balaban J connectivity index is 1.04. The van der Waals surface area contributed by atoms with E-state index in [1.807, 2.05) is 0 Å². The lowest BCUT2D eigenvalue weighted by atomic mass is 9.73. The highest BCUT2D eigenvalue weighted by Gasteiger charge is 2.37. The van der Waals surface area contributed by atoms with Gasteiger partial charge in [0.15, 0.2) is 0 Å². The molecule has 4 heteroatoms. The standard InChI is InChI=1S/C61H42N4/c1-61(2)50-26-11-13-28-53(50)64(44-19-4-3-5-20-44)56-38-43(34-36-51(56)61)48-25-15-29-54-58(48)57-47-22-9-7-17-40(47)35-37-55(57)65(54)60-62-52-27-12-10-23-49(52)59(63-60)42-32-30-41(31-33-42)46-24-14-18-39-16-6-8-21-45(39)46/h3-38H,1-2H3. The highest BCUT2D eigenvalue weighted by molar-refractivity contribution is 6.25. The van der Waals surface area contributed by atoms with Crippen LogP contribution in [0.15, 0.2) is 218 Å². The van der Waals surface area contributed by atoms with Crippen LogP contribution in [0, 0.1) is 0 Å². The van der Waals surface area contributed by atoms with E-state index in [-0.39, 0.29) is 5.41 Å². The quantitative estimate of drug-likeness (QED) is 0.173. The van der Waals surface area contributed by atoms with Crippen molar-refractivity contribution in [2.45, 2.75) is 19.3 Å². The first-order chi connectivity index (χ1) is 32.0. The Hall–Kier alpha value is -8.34. The molecule has 0 aliphatic carbocycles. The Bertz CT molecular complexity index is 3860. The van der Waals surface area contributed by atoms with Crippen molar-refractivity contribution in [3.8, 4) is 39.5 Å². The molecule has 65 heavy (non-hydrogen) atoms. The van der Waals surface area contributed by atoms with Crippen molar-refractivity contribution in [1.29, 1.82) is 0 Å². The number of hydrogen-bond donors (Lipinski definition) is 0. The zero-order chi connectivity index (χ0) is 43.2. The van der Waals surface area contributed by atoms with Crippen LogP contribution >= 0.6 is 0 Å². The SMILES string of the molecule is CC1(C)c2ccccc2N(c2ccccc2)c2cc(-c3cccc4c3c3c5ccccc5ccc3n4-c3nc(-c4ccc(-c5cccc6ccccc56)cc4)c4ccccc4n3)ccc21. The van der Waals surface area contributed by atoms with Gasteiger partial charge < -0.3 is 4.90 Å². The van der Waals surface area contributed by atoms with Crippen molar-refractivity contribution in [1.82, 2.24) is 14.5 Å². The van der Waals surface area contributed by atoms with Crippen LogP contribution in [0.1, 0.15) is 25.0 Å². The maximum Gasteiger partial charge on any atom is 0.235 e. The van der Waals surface area contributed by atoms with Gasteiger partial charge in [-0.15, -0.1) is 0 Å². The third-order valence-corrected chi connectivity index (χ3v) is 13.8. The normalized spacial score (nSPS) is 13.2. The minimum Gasteiger partial charge on any atom is -0.310 e. The number of nitrogens with zero attached hydrogens (tertiary/aromatic N) is 4. The largest absolute Gasteiger partial charge is 0.310 e. The van der Waals surface area contributed by atoms with E-state index in [0.29, 0.717) is 5.95 Å². The molecule has 1 aliphatic rings. The molecule has 0 saturated heterocycles. The molecule has 13 rings (SSSR count). The third-order valence-electron chi connectivity index (χ3n) is 13.8. The molecule has 0 bridgehead atoms. The van der Waals surface area contributed by atoms with Gasteiger partial charge in [0.05, 0.1) is 33.6 Å². The van der Waals surface area contributed by atoms with Crippen molar-refractivity contribution in [2.24, 2.45) is 0 Å². The first-order valence-corrected chi connectivity index (χ1v) is 22.4. The lowest BCUT2D eigenvalue weighted by molar-refractivity contribution is 0.632. The molecule has 0 unspecified atom stereocenters. The second-order valence-electron chi connectivity index (χ2n) is 17.8. The van der Waals surface area contributed by atoms with Crippen LogP contribution in [0.25, 0.3) is 93.7 Å². The Morgan fingerprint density at radius 3 is 1.86 bits per heavy atom. The topological polar surface area (TPSA) is 34.0 Å². The van der Waals surface area contributed by atoms with Gasteiger partial charge in [-0.3, -0.25) is 4.57 Å². The second-order valence-corrected chi connectivity index (χ2v) is 17.8. The first-order valence-electron chi connectivity index (χ1n) is 22.4. The molecule has 4 nitrogen and oxygen atoms in total. The molecule has 0 fully saturated rings. The van der Waals surface area contributed by atoms with Crippen LogP contribution in [-0.2, 0) is 5.41 Å². The van der Waals surface area contributed by atoms with Gasteiger partial charge in [-0.2, -0.15) is 0 Å².